The number of esters is 1. The van der Waals surface area contributed by atoms with Crippen molar-refractivity contribution in [3.8, 4) is 0 Å². The Morgan fingerprint density at radius 2 is 1.86 bits per heavy atom. The van der Waals surface area contributed by atoms with Crippen LogP contribution in [0.2, 0.25) is 0 Å². The lowest BCUT2D eigenvalue weighted by Crippen LogP contribution is -2.28. The van der Waals surface area contributed by atoms with Crippen LogP contribution < -0.4 is 4.72 Å². The van der Waals surface area contributed by atoms with E-state index in [2.05, 4.69) is 6.92 Å². The maximum atomic E-state index is 12.5. The van der Waals surface area contributed by atoms with Gasteiger partial charge in [-0.2, -0.15) is 0 Å². The van der Waals surface area contributed by atoms with Crippen LogP contribution in [0.15, 0.2) is 24.3 Å². The SMILES string of the molecule is CCCCC[C@@H](O)/C=C/[C@H]1[C@H](C/C=C\CCCC(=O)NS(C)(=O)=O)[C@H](O)C[C@@H]1OC(=O)CC(C)(C)C. The topological polar surface area (TPSA) is 130 Å². The molecule has 3 N–H and O–H groups in total. The first kappa shape index (κ1) is 32.3. The normalized spacial score (nSPS) is 23.9. The number of sulfonamides is 1. The van der Waals surface area contributed by atoms with Crippen LogP contribution in [0.4, 0.5) is 0 Å². The van der Waals surface area contributed by atoms with E-state index >= 15 is 0 Å². The molecule has 8 nitrogen and oxygen atoms in total. The Kier molecular flexibility index (Phi) is 13.9. The van der Waals surface area contributed by atoms with Crippen molar-refractivity contribution in [1.29, 1.82) is 0 Å². The largest absolute Gasteiger partial charge is 0.462 e. The average Bonchev–Trinajstić information content (AvgIpc) is 3.00. The number of hydrogen-bond acceptors (Lipinski definition) is 7. The van der Waals surface area contributed by atoms with Gasteiger partial charge < -0.3 is 14.9 Å². The first-order valence-electron chi connectivity index (χ1n) is 13.1. The van der Waals surface area contributed by atoms with Gasteiger partial charge in [-0.3, -0.25) is 14.3 Å². The molecule has 0 heterocycles. The van der Waals surface area contributed by atoms with Gasteiger partial charge in [0.25, 0.3) is 0 Å². The smallest absolute Gasteiger partial charge is 0.306 e. The van der Waals surface area contributed by atoms with E-state index in [1.807, 2.05) is 43.7 Å². The minimum absolute atomic E-state index is 0.108. The highest BCUT2D eigenvalue weighted by molar-refractivity contribution is 7.89. The van der Waals surface area contributed by atoms with Gasteiger partial charge in [0.2, 0.25) is 15.9 Å². The maximum absolute atomic E-state index is 12.5. The molecule has 0 unspecified atom stereocenters. The van der Waals surface area contributed by atoms with Crippen LogP contribution in [-0.4, -0.2) is 55.1 Å². The molecule has 0 bridgehead atoms. The number of carbonyl (C=O) groups is 2. The van der Waals surface area contributed by atoms with E-state index in [0.29, 0.717) is 32.1 Å². The first-order valence-corrected chi connectivity index (χ1v) is 15.0. The van der Waals surface area contributed by atoms with Crippen molar-refractivity contribution < 1.29 is 33.0 Å². The zero-order chi connectivity index (χ0) is 27.4. The van der Waals surface area contributed by atoms with Gasteiger partial charge in [0.1, 0.15) is 6.10 Å². The van der Waals surface area contributed by atoms with E-state index in [4.69, 9.17) is 4.74 Å². The van der Waals surface area contributed by atoms with Crippen molar-refractivity contribution in [3.63, 3.8) is 0 Å². The molecule has 0 aliphatic heterocycles. The van der Waals surface area contributed by atoms with E-state index < -0.39 is 34.2 Å². The Hall–Kier alpha value is -1.71. The van der Waals surface area contributed by atoms with Gasteiger partial charge in [-0.1, -0.05) is 71.3 Å². The molecule has 0 saturated heterocycles. The van der Waals surface area contributed by atoms with Crippen molar-refractivity contribution in [2.24, 2.45) is 17.3 Å². The summed E-state index contributed by atoms with van der Waals surface area (Å²) in [7, 11) is -3.54. The summed E-state index contributed by atoms with van der Waals surface area (Å²) in [6.07, 6.45) is 12.9. The van der Waals surface area contributed by atoms with Gasteiger partial charge in [0.05, 0.1) is 24.9 Å². The highest BCUT2D eigenvalue weighted by Gasteiger charge is 2.42. The van der Waals surface area contributed by atoms with Crippen molar-refractivity contribution in [3.05, 3.63) is 24.3 Å². The fraction of sp³-hybridized carbons (Fsp3) is 0.778. The Bertz CT molecular complexity index is 845. The van der Waals surface area contributed by atoms with Crippen molar-refractivity contribution >= 4 is 21.9 Å². The summed E-state index contributed by atoms with van der Waals surface area (Å²) in [6.45, 7) is 8.03. The van der Waals surface area contributed by atoms with E-state index in [1.165, 1.54) is 0 Å². The molecule has 1 rings (SSSR count). The Morgan fingerprint density at radius 3 is 2.47 bits per heavy atom. The molecule has 1 aliphatic rings. The van der Waals surface area contributed by atoms with Crippen LogP contribution in [-0.2, 0) is 24.3 Å². The molecule has 1 aliphatic carbocycles. The van der Waals surface area contributed by atoms with Crippen molar-refractivity contribution in [2.75, 3.05) is 6.26 Å². The second kappa shape index (κ2) is 15.5. The number of allylic oxidation sites excluding steroid dienone is 2. The molecule has 0 radical (unpaired) electrons. The zero-order valence-corrected chi connectivity index (χ0v) is 23.4. The van der Waals surface area contributed by atoms with Crippen LogP contribution in [0.25, 0.3) is 0 Å². The molecule has 0 spiro atoms. The molecular formula is C27H47NO7S. The van der Waals surface area contributed by atoms with Crippen molar-refractivity contribution in [2.45, 2.75) is 110 Å². The molecule has 208 valence electrons. The van der Waals surface area contributed by atoms with Crippen LogP contribution in [0.1, 0.15) is 91.9 Å². The second-order valence-electron chi connectivity index (χ2n) is 11.2. The number of rotatable bonds is 15. The number of unbranched alkanes of at least 4 members (excludes halogenated alkanes) is 3. The lowest BCUT2D eigenvalue weighted by Gasteiger charge is -2.24. The fourth-order valence-electron chi connectivity index (χ4n) is 4.42. The number of aliphatic hydroxyl groups is 2. The molecule has 0 aromatic heterocycles. The standard InChI is InChI=1S/C27H47NO7S/c1-6-7-10-13-20(29)16-17-22-21(14-11-8-9-12-15-25(31)28-36(5,33)34)23(30)18-24(22)35-26(32)19-27(2,3)4/h8,11,16-17,20-24,29-30H,6-7,9-10,12-15,18-19H2,1-5H3,(H,28,31)/b11-8-,17-16+/t20-,21+,22+,23-,24+/m1/s1. The van der Waals surface area contributed by atoms with Gasteiger partial charge >= 0.3 is 5.97 Å². The molecule has 0 aromatic rings. The fourth-order valence-corrected chi connectivity index (χ4v) is 4.93. The summed E-state index contributed by atoms with van der Waals surface area (Å²) >= 11 is 0. The summed E-state index contributed by atoms with van der Waals surface area (Å²) < 4.78 is 29.9. The summed E-state index contributed by atoms with van der Waals surface area (Å²) in [6, 6.07) is 0. The van der Waals surface area contributed by atoms with E-state index in [9.17, 15) is 28.2 Å². The highest BCUT2D eigenvalue weighted by Crippen LogP contribution is 2.39. The summed E-state index contributed by atoms with van der Waals surface area (Å²) in [5.74, 6) is -1.19. The number of amides is 1. The van der Waals surface area contributed by atoms with Crippen molar-refractivity contribution in [1.82, 2.24) is 4.72 Å². The lowest BCUT2D eigenvalue weighted by atomic mass is 9.89. The number of ether oxygens (including phenoxy) is 1. The summed E-state index contributed by atoms with van der Waals surface area (Å²) in [5, 5.41) is 21.1. The molecule has 1 saturated carbocycles. The van der Waals surface area contributed by atoms with Gasteiger partial charge in [0.15, 0.2) is 0 Å². The van der Waals surface area contributed by atoms with Gasteiger partial charge in [-0.25, -0.2) is 8.42 Å². The molecule has 1 amide bonds. The molecule has 1 fully saturated rings. The van der Waals surface area contributed by atoms with Crippen LogP contribution in [0.5, 0.6) is 0 Å². The predicted molar refractivity (Wildman–Crippen MR) is 141 cm³/mol. The zero-order valence-electron chi connectivity index (χ0n) is 22.6. The monoisotopic (exact) mass is 529 g/mol. The van der Waals surface area contributed by atoms with Gasteiger partial charge in [-0.05, 0) is 37.0 Å². The molecular weight excluding hydrogens is 482 g/mol. The maximum Gasteiger partial charge on any atom is 0.306 e. The average molecular weight is 530 g/mol. The number of nitrogens with one attached hydrogen (secondary N) is 1. The Labute approximate surface area is 217 Å². The first-order chi connectivity index (χ1) is 16.7. The van der Waals surface area contributed by atoms with Crippen LogP contribution in [0.3, 0.4) is 0 Å². The van der Waals surface area contributed by atoms with Crippen LogP contribution >= 0.6 is 0 Å². The third-order valence-corrected chi connectivity index (χ3v) is 6.76. The van der Waals surface area contributed by atoms with Gasteiger partial charge in [-0.15, -0.1) is 0 Å². The molecule has 0 aromatic carbocycles. The minimum atomic E-state index is -3.54. The van der Waals surface area contributed by atoms with E-state index in [1.54, 1.807) is 6.08 Å². The summed E-state index contributed by atoms with van der Waals surface area (Å²) in [5.41, 5.74) is -0.199. The number of hydrogen-bond donors (Lipinski definition) is 3. The number of carbonyl (C=O) groups excluding carboxylic acids is 2. The Morgan fingerprint density at radius 1 is 1.17 bits per heavy atom. The second-order valence-corrected chi connectivity index (χ2v) is 12.9. The predicted octanol–water partition coefficient (Wildman–Crippen LogP) is 4.02. The third-order valence-electron chi connectivity index (χ3n) is 6.16. The highest BCUT2D eigenvalue weighted by atomic mass is 32.2. The molecule has 9 heteroatoms. The lowest BCUT2D eigenvalue weighted by molar-refractivity contribution is -0.152. The van der Waals surface area contributed by atoms with E-state index in [0.717, 1.165) is 25.5 Å². The number of aliphatic hydroxyl groups excluding tert-OH is 2. The molecule has 36 heavy (non-hydrogen) atoms. The minimum Gasteiger partial charge on any atom is -0.462 e. The quantitative estimate of drug-likeness (QED) is 0.166. The summed E-state index contributed by atoms with van der Waals surface area (Å²) in [4.78, 5) is 24.1. The van der Waals surface area contributed by atoms with Crippen LogP contribution in [0, 0.1) is 17.3 Å². The van der Waals surface area contributed by atoms with E-state index in [-0.39, 0.29) is 36.1 Å². The van der Waals surface area contributed by atoms with Gasteiger partial charge in [0, 0.05) is 18.8 Å². The molecule has 5 atom stereocenters. The third kappa shape index (κ3) is 14.1. The Balaban J connectivity index is 2.77.